The number of carbonyl (C=O) groups is 2. The number of hydrogen-bond acceptors (Lipinski definition) is 4. The van der Waals surface area contributed by atoms with Crippen molar-refractivity contribution in [3.05, 3.63) is 0 Å². The Labute approximate surface area is 182 Å². The molecule has 3 N–H and O–H groups in total. The summed E-state index contributed by atoms with van der Waals surface area (Å²) in [5.74, 6) is -4.55. The van der Waals surface area contributed by atoms with Crippen LogP contribution in [0.5, 0.6) is 0 Å². The Morgan fingerprint density at radius 2 is 1.17 bits per heavy atom. The molecule has 0 heterocycles. The number of carboxylic acids is 2. The third-order valence-corrected chi connectivity index (χ3v) is 7.66. The summed E-state index contributed by atoms with van der Waals surface area (Å²) in [6.07, 6.45) is 8.62. The van der Waals surface area contributed by atoms with Gasteiger partial charge in [-0.15, -0.1) is 0 Å². The van der Waals surface area contributed by atoms with Crippen LogP contribution in [0.1, 0.15) is 105 Å². The van der Waals surface area contributed by atoms with Crippen molar-refractivity contribution in [2.45, 2.75) is 110 Å². The number of rotatable bonds is 18. The van der Waals surface area contributed by atoms with Crippen LogP contribution in [0.15, 0.2) is 0 Å². The van der Waals surface area contributed by atoms with E-state index in [2.05, 4.69) is 13.8 Å². The summed E-state index contributed by atoms with van der Waals surface area (Å²) in [5, 5.41) is 17.8. The lowest BCUT2D eigenvalue weighted by atomic mass is 9.59. The fraction of sp³-hybridized carbons (Fsp3) is 0.909. The van der Waals surface area contributed by atoms with Crippen LogP contribution in [-0.4, -0.2) is 40.4 Å². The van der Waals surface area contributed by atoms with E-state index < -0.39 is 44.6 Å². The SMILES string of the molecule is CCCCCCC(CC)C(C(=O)O)(C(CC)CCCCCC)C(C(=O)O)S(=O)(=O)O. The average Bonchev–Trinajstić information content (AvgIpc) is 2.65. The van der Waals surface area contributed by atoms with E-state index in [4.69, 9.17) is 0 Å². The first-order valence-electron chi connectivity index (χ1n) is 11.5. The summed E-state index contributed by atoms with van der Waals surface area (Å²) >= 11 is 0. The lowest BCUT2D eigenvalue weighted by Gasteiger charge is -2.45. The molecule has 0 radical (unpaired) electrons. The van der Waals surface area contributed by atoms with Crippen LogP contribution in [-0.2, 0) is 19.7 Å². The minimum Gasteiger partial charge on any atom is -0.481 e. The molecule has 0 aliphatic rings. The number of carboxylic acid groups (broad SMARTS) is 2. The molecule has 0 bridgehead atoms. The van der Waals surface area contributed by atoms with Gasteiger partial charge in [0.25, 0.3) is 10.1 Å². The second kappa shape index (κ2) is 14.0. The summed E-state index contributed by atoms with van der Waals surface area (Å²) in [6.45, 7) is 7.66. The molecule has 3 unspecified atom stereocenters. The van der Waals surface area contributed by atoms with Crippen LogP contribution >= 0.6 is 0 Å². The highest BCUT2D eigenvalue weighted by atomic mass is 32.2. The van der Waals surface area contributed by atoms with Gasteiger partial charge in [-0.1, -0.05) is 91.9 Å². The van der Waals surface area contributed by atoms with Crippen molar-refractivity contribution in [1.82, 2.24) is 0 Å². The molecule has 3 atom stereocenters. The van der Waals surface area contributed by atoms with Crippen LogP contribution in [0.3, 0.4) is 0 Å². The molecule has 178 valence electrons. The second-order valence-corrected chi connectivity index (χ2v) is 9.88. The molecule has 0 rings (SSSR count). The highest BCUT2D eigenvalue weighted by Gasteiger charge is 2.62. The first-order valence-corrected chi connectivity index (χ1v) is 13.0. The summed E-state index contributed by atoms with van der Waals surface area (Å²) in [7, 11) is -5.13. The van der Waals surface area contributed by atoms with Gasteiger partial charge in [-0.3, -0.25) is 14.1 Å². The van der Waals surface area contributed by atoms with Gasteiger partial charge in [-0.05, 0) is 24.7 Å². The fourth-order valence-electron chi connectivity index (χ4n) is 5.00. The molecule has 0 aliphatic heterocycles. The van der Waals surface area contributed by atoms with Gasteiger partial charge in [0, 0.05) is 0 Å². The maximum Gasteiger partial charge on any atom is 0.325 e. The summed E-state index contributed by atoms with van der Waals surface area (Å²) in [5.41, 5.74) is -2.07. The smallest absolute Gasteiger partial charge is 0.325 e. The van der Waals surface area contributed by atoms with E-state index in [1.807, 2.05) is 0 Å². The fourth-order valence-corrected chi connectivity index (χ4v) is 6.23. The Balaban J connectivity index is 6.44. The minimum absolute atomic E-state index is 0.336. The largest absolute Gasteiger partial charge is 0.481 e. The summed E-state index contributed by atoms with van der Waals surface area (Å²) in [6, 6.07) is 0. The zero-order valence-electron chi connectivity index (χ0n) is 19.1. The molecule has 0 aromatic carbocycles. The summed E-state index contributed by atoms with van der Waals surface area (Å²) in [4.78, 5) is 24.8. The van der Waals surface area contributed by atoms with E-state index in [0.717, 1.165) is 38.5 Å². The number of hydrogen-bond donors (Lipinski definition) is 3. The van der Waals surface area contributed by atoms with E-state index in [1.54, 1.807) is 13.8 Å². The van der Waals surface area contributed by atoms with Crippen LogP contribution in [0.4, 0.5) is 0 Å². The molecule has 0 saturated carbocycles. The molecule has 0 aliphatic carbocycles. The van der Waals surface area contributed by atoms with E-state index >= 15 is 0 Å². The Kier molecular flexibility index (Phi) is 13.5. The van der Waals surface area contributed by atoms with Gasteiger partial charge >= 0.3 is 11.9 Å². The predicted octanol–water partition coefficient (Wildman–Crippen LogP) is 5.39. The predicted molar refractivity (Wildman–Crippen MR) is 118 cm³/mol. The minimum atomic E-state index is -5.13. The van der Waals surface area contributed by atoms with Crippen molar-refractivity contribution in [3.8, 4) is 0 Å². The van der Waals surface area contributed by atoms with Crippen molar-refractivity contribution >= 4 is 22.1 Å². The number of aliphatic carboxylic acids is 2. The molecule has 7 nitrogen and oxygen atoms in total. The van der Waals surface area contributed by atoms with Gasteiger partial charge in [-0.25, -0.2) is 0 Å². The van der Waals surface area contributed by atoms with Crippen molar-refractivity contribution in [1.29, 1.82) is 0 Å². The molecule has 0 amide bonds. The van der Waals surface area contributed by atoms with E-state index in [1.165, 1.54) is 0 Å². The Bertz CT molecular complexity index is 595. The van der Waals surface area contributed by atoms with Gasteiger partial charge in [0.1, 0.15) is 5.41 Å². The first kappa shape index (κ1) is 28.9. The molecule has 0 saturated heterocycles. The van der Waals surface area contributed by atoms with Gasteiger partial charge in [-0.2, -0.15) is 8.42 Å². The molecular weight excluding hydrogens is 408 g/mol. The van der Waals surface area contributed by atoms with Crippen molar-refractivity contribution < 1.29 is 32.8 Å². The van der Waals surface area contributed by atoms with Crippen LogP contribution in [0.2, 0.25) is 0 Å². The molecular formula is C22H42O7S. The van der Waals surface area contributed by atoms with Gasteiger partial charge < -0.3 is 10.2 Å². The molecule has 8 heteroatoms. The average molecular weight is 451 g/mol. The van der Waals surface area contributed by atoms with Crippen molar-refractivity contribution in [2.24, 2.45) is 17.3 Å². The lowest BCUT2D eigenvalue weighted by Crippen LogP contribution is -2.59. The van der Waals surface area contributed by atoms with Gasteiger partial charge in [0.2, 0.25) is 0 Å². The molecule has 0 aromatic heterocycles. The molecule has 30 heavy (non-hydrogen) atoms. The highest BCUT2D eigenvalue weighted by molar-refractivity contribution is 7.87. The van der Waals surface area contributed by atoms with Crippen molar-refractivity contribution in [3.63, 3.8) is 0 Å². The second-order valence-electron chi connectivity index (χ2n) is 8.38. The third-order valence-electron chi connectivity index (χ3n) is 6.48. The molecule has 0 spiro atoms. The third kappa shape index (κ3) is 7.52. The standard InChI is InChI=1S/C22H42O7S/c1-5-9-11-13-15-17(7-3)22(21(25)26,19(20(23)24)30(27,28)29)18(8-4)16-14-12-10-6-2/h17-19H,5-16H2,1-4H3,(H,23,24)(H,25,26)(H,27,28,29). The topological polar surface area (TPSA) is 129 Å². The van der Waals surface area contributed by atoms with Crippen molar-refractivity contribution in [2.75, 3.05) is 0 Å². The lowest BCUT2D eigenvalue weighted by molar-refractivity contribution is -0.165. The normalized spacial score (nSPS) is 17.1. The maximum atomic E-state index is 12.8. The zero-order valence-corrected chi connectivity index (χ0v) is 19.9. The van der Waals surface area contributed by atoms with Gasteiger partial charge in [0.15, 0.2) is 5.25 Å². The quantitative estimate of drug-likeness (QED) is 0.188. The Morgan fingerprint density at radius 1 is 0.767 bits per heavy atom. The highest BCUT2D eigenvalue weighted by Crippen LogP contribution is 2.50. The zero-order chi connectivity index (χ0) is 23.4. The Hall–Kier alpha value is -1.15. The van der Waals surface area contributed by atoms with E-state index in [9.17, 15) is 32.8 Å². The Morgan fingerprint density at radius 3 is 1.40 bits per heavy atom. The molecule has 0 fully saturated rings. The van der Waals surface area contributed by atoms with Crippen LogP contribution in [0, 0.1) is 17.3 Å². The van der Waals surface area contributed by atoms with E-state index in [-0.39, 0.29) is 0 Å². The van der Waals surface area contributed by atoms with E-state index in [0.29, 0.717) is 38.5 Å². The molecule has 0 aromatic rings. The monoisotopic (exact) mass is 450 g/mol. The van der Waals surface area contributed by atoms with Crippen LogP contribution in [0.25, 0.3) is 0 Å². The number of unbranched alkanes of at least 4 members (excludes halogenated alkanes) is 6. The first-order chi connectivity index (χ1) is 14.0. The van der Waals surface area contributed by atoms with Gasteiger partial charge in [0.05, 0.1) is 0 Å². The summed E-state index contributed by atoms with van der Waals surface area (Å²) < 4.78 is 34.3. The van der Waals surface area contributed by atoms with Crippen LogP contribution < -0.4 is 0 Å². The maximum absolute atomic E-state index is 12.8.